The van der Waals surface area contributed by atoms with E-state index in [1.165, 1.54) is 11.1 Å². The molecule has 1 unspecified atom stereocenters. The highest BCUT2D eigenvalue weighted by atomic mass is 16.5. The zero-order valence-electron chi connectivity index (χ0n) is 9.21. The number of nitrogens with two attached hydrogens (primary N) is 1. The van der Waals surface area contributed by atoms with E-state index in [-0.39, 0.29) is 6.10 Å². The van der Waals surface area contributed by atoms with Crippen molar-refractivity contribution in [2.45, 2.75) is 33.3 Å². The van der Waals surface area contributed by atoms with E-state index in [0.29, 0.717) is 6.54 Å². The second-order valence-electron chi connectivity index (χ2n) is 3.77. The van der Waals surface area contributed by atoms with E-state index >= 15 is 0 Å². The molecule has 0 saturated heterocycles. The van der Waals surface area contributed by atoms with Crippen molar-refractivity contribution in [3.63, 3.8) is 0 Å². The molecule has 0 aliphatic carbocycles. The summed E-state index contributed by atoms with van der Waals surface area (Å²) in [5.41, 5.74) is 7.92. The Kier molecular flexibility index (Phi) is 3.96. The van der Waals surface area contributed by atoms with Crippen LogP contribution in [0.2, 0.25) is 0 Å². The molecule has 0 amide bonds. The van der Waals surface area contributed by atoms with Gasteiger partial charge in [-0.1, -0.05) is 17.7 Å². The second-order valence-corrected chi connectivity index (χ2v) is 3.77. The first-order valence-electron chi connectivity index (χ1n) is 5.07. The highest BCUT2D eigenvalue weighted by molar-refractivity contribution is 5.35. The fourth-order valence-corrected chi connectivity index (χ4v) is 1.44. The Labute approximate surface area is 86.1 Å². The summed E-state index contributed by atoms with van der Waals surface area (Å²) >= 11 is 0. The topological polar surface area (TPSA) is 35.2 Å². The molecule has 0 spiro atoms. The van der Waals surface area contributed by atoms with Gasteiger partial charge in [0, 0.05) is 0 Å². The monoisotopic (exact) mass is 193 g/mol. The summed E-state index contributed by atoms with van der Waals surface area (Å²) in [6.45, 7) is 6.87. The Morgan fingerprint density at radius 1 is 1.36 bits per heavy atom. The van der Waals surface area contributed by atoms with Crippen molar-refractivity contribution in [1.82, 2.24) is 0 Å². The van der Waals surface area contributed by atoms with Gasteiger partial charge in [-0.05, 0) is 45.4 Å². The van der Waals surface area contributed by atoms with Crippen LogP contribution in [0.5, 0.6) is 5.75 Å². The minimum absolute atomic E-state index is 0.196. The highest BCUT2D eigenvalue weighted by Crippen LogP contribution is 2.20. The molecule has 1 atom stereocenters. The molecule has 1 aromatic carbocycles. The predicted molar refractivity (Wildman–Crippen MR) is 59.7 cm³/mol. The van der Waals surface area contributed by atoms with Gasteiger partial charge in [0.25, 0.3) is 0 Å². The van der Waals surface area contributed by atoms with Crippen LogP contribution in [0.15, 0.2) is 18.2 Å². The first-order chi connectivity index (χ1) is 6.63. The number of aryl methyl sites for hydroxylation is 2. The average molecular weight is 193 g/mol. The standard InChI is InChI=1S/C12H19NO/c1-9-4-5-12(10(2)8-9)14-11(3)6-7-13/h4-5,8,11H,6-7,13H2,1-3H3. The molecule has 0 heterocycles. The number of hydrogen-bond acceptors (Lipinski definition) is 2. The van der Waals surface area contributed by atoms with Gasteiger partial charge in [-0.15, -0.1) is 0 Å². The van der Waals surface area contributed by atoms with E-state index in [1.54, 1.807) is 0 Å². The van der Waals surface area contributed by atoms with Gasteiger partial charge in [0.2, 0.25) is 0 Å². The van der Waals surface area contributed by atoms with Gasteiger partial charge >= 0.3 is 0 Å². The van der Waals surface area contributed by atoms with Crippen LogP contribution < -0.4 is 10.5 Å². The molecule has 0 fully saturated rings. The average Bonchev–Trinajstić information content (AvgIpc) is 2.10. The van der Waals surface area contributed by atoms with Crippen LogP contribution in [0.4, 0.5) is 0 Å². The molecule has 2 nitrogen and oxygen atoms in total. The molecule has 2 heteroatoms. The van der Waals surface area contributed by atoms with E-state index in [9.17, 15) is 0 Å². The minimum atomic E-state index is 0.196. The van der Waals surface area contributed by atoms with E-state index < -0.39 is 0 Å². The molecule has 14 heavy (non-hydrogen) atoms. The largest absolute Gasteiger partial charge is 0.490 e. The first-order valence-corrected chi connectivity index (χ1v) is 5.07. The second kappa shape index (κ2) is 5.01. The summed E-state index contributed by atoms with van der Waals surface area (Å²) < 4.78 is 5.76. The zero-order valence-corrected chi connectivity index (χ0v) is 9.21. The Bertz CT molecular complexity index is 296. The highest BCUT2D eigenvalue weighted by Gasteiger charge is 2.04. The molecule has 78 valence electrons. The van der Waals surface area contributed by atoms with Crippen molar-refractivity contribution < 1.29 is 4.74 Å². The fourth-order valence-electron chi connectivity index (χ4n) is 1.44. The maximum atomic E-state index is 5.76. The molecular weight excluding hydrogens is 174 g/mol. The lowest BCUT2D eigenvalue weighted by Crippen LogP contribution is -2.17. The van der Waals surface area contributed by atoms with Crippen molar-refractivity contribution in [3.05, 3.63) is 29.3 Å². The lowest BCUT2D eigenvalue weighted by Gasteiger charge is -2.15. The van der Waals surface area contributed by atoms with Crippen molar-refractivity contribution in [2.75, 3.05) is 6.54 Å². The normalized spacial score (nSPS) is 12.6. The van der Waals surface area contributed by atoms with Crippen molar-refractivity contribution in [2.24, 2.45) is 5.73 Å². The lowest BCUT2D eigenvalue weighted by molar-refractivity contribution is 0.212. The molecule has 0 aromatic heterocycles. The maximum Gasteiger partial charge on any atom is 0.122 e. The van der Waals surface area contributed by atoms with Crippen LogP contribution in [0.25, 0.3) is 0 Å². The van der Waals surface area contributed by atoms with E-state index in [4.69, 9.17) is 10.5 Å². The molecule has 1 aromatic rings. The Balaban J connectivity index is 2.67. The Hall–Kier alpha value is -1.02. The fraction of sp³-hybridized carbons (Fsp3) is 0.500. The summed E-state index contributed by atoms with van der Waals surface area (Å²) in [6.07, 6.45) is 1.09. The lowest BCUT2D eigenvalue weighted by atomic mass is 10.1. The van der Waals surface area contributed by atoms with Crippen LogP contribution in [0, 0.1) is 13.8 Å². The van der Waals surface area contributed by atoms with Gasteiger partial charge in [-0.3, -0.25) is 0 Å². The van der Waals surface area contributed by atoms with Crippen molar-refractivity contribution in [1.29, 1.82) is 0 Å². The SMILES string of the molecule is Cc1ccc(OC(C)CCN)c(C)c1. The van der Waals surface area contributed by atoms with Crippen LogP contribution >= 0.6 is 0 Å². The zero-order chi connectivity index (χ0) is 10.6. The molecule has 0 saturated carbocycles. The smallest absolute Gasteiger partial charge is 0.122 e. The van der Waals surface area contributed by atoms with Gasteiger partial charge in [-0.25, -0.2) is 0 Å². The van der Waals surface area contributed by atoms with Gasteiger partial charge in [0.05, 0.1) is 6.10 Å². The third-order valence-corrected chi connectivity index (χ3v) is 2.23. The summed E-state index contributed by atoms with van der Waals surface area (Å²) in [4.78, 5) is 0. The maximum absolute atomic E-state index is 5.76. The molecule has 0 aliphatic heterocycles. The summed E-state index contributed by atoms with van der Waals surface area (Å²) in [5.74, 6) is 0.969. The third-order valence-electron chi connectivity index (χ3n) is 2.23. The quantitative estimate of drug-likeness (QED) is 0.797. The first kappa shape index (κ1) is 11.1. The van der Waals surface area contributed by atoms with Gasteiger partial charge < -0.3 is 10.5 Å². The van der Waals surface area contributed by atoms with Crippen molar-refractivity contribution >= 4 is 0 Å². The van der Waals surface area contributed by atoms with Gasteiger partial charge in [0.15, 0.2) is 0 Å². The molecule has 2 N–H and O–H groups in total. The van der Waals surface area contributed by atoms with E-state index in [1.807, 2.05) is 13.0 Å². The van der Waals surface area contributed by atoms with Crippen LogP contribution in [0.1, 0.15) is 24.5 Å². The number of ether oxygens (including phenoxy) is 1. The number of rotatable bonds is 4. The van der Waals surface area contributed by atoms with Crippen LogP contribution in [-0.4, -0.2) is 12.6 Å². The Morgan fingerprint density at radius 3 is 2.64 bits per heavy atom. The molecule has 0 aliphatic rings. The number of hydrogen-bond donors (Lipinski definition) is 1. The third kappa shape index (κ3) is 3.04. The minimum Gasteiger partial charge on any atom is -0.490 e. The summed E-state index contributed by atoms with van der Waals surface area (Å²) in [7, 11) is 0. The molecule has 0 bridgehead atoms. The molecule has 0 radical (unpaired) electrons. The summed E-state index contributed by atoms with van der Waals surface area (Å²) in [5, 5.41) is 0. The predicted octanol–water partition coefficient (Wildman–Crippen LogP) is 2.42. The van der Waals surface area contributed by atoms with E-state index in [0.717, 1.165) is 12.2 Å². The molecular formula is C12H19NO. The molecule has 1 rings (SSSR count). The van der Waals surface area contributed by atoms with Crippen LogP contribution in [-0.2, 0) is 0 Å². The van der Waals surface area contributed by atoms with Crippen LogP contribution in [0.3, 0.4) is 0 Å². The van der Waals surface area contributed by atoms with Gasteiger partial charge in [-0.2, -0.15) is 0 Å². The Morgan fingerprint density at radius 2 is 2.07 bits per heavy atom. The van der Waals surface area contributed by atoms with Crippen molar-refractivity contribution in [3.8, 4) is 5.75 Å². The number of benzene rings is 1. The van der Waals surface area contributed by atoms with Gasteiger partial charge in [0.1, 0.15) is 5.75 Å². The summed E-state index contributed by atoms with van der Waals surface area (Å²) in [6, 6.07) is 6.22. The van der Waals surface area contributed by atoms with E-state index in [2.05, 4.69) is 26.0 Å².